The van der Waals surface area contributed by atoms with Gasteiger partial charge in [-0.1, -0.05) is 20.8 Å². The molecular weight excluding hydrogens is 200 g/mol. The van der Waals surface area contributed by atoms with Crippen LogP contribution in [0.15, 0.2) is 0 Å². The molecular formula is C13H30N2O. The maximum Gasteiger partial charge on any atom is 0.0529 e. The second kappa shape index (κ2) is 8.97. The molecule has 0 atom stereocenters. The van der Waals surface area contributed by atoms with E-state index in [-0.39, 0.29) is 5.41 Å². The minimum absolute atomic E-state index is 0.243. The molecule has 0 saturated carbocycles. The highest BCUT2D eigenvalue weighted by molar-refractivity contribution is 4.70. The SMILES string of the molecule is CCCNCC(C)(C)COCCCN(C)C. The molecule has 0 radical (unpaired) electrons. The van der Waals surface area contributed by atoms with Crippen LogP contribution < -0.4 is 5.32 Å². The van der Waals surface area contributed by atoms with Gasteiger partial charge in [0.25, 0.3) is 0 Å². The first-order valence-electron chi connectivity index (χ1n) is 6.41. The van der Waals surface area contributed by atoms with Gasteiger partial charge in [0.2, 0.25) is 0 Å². The summed E-state index contributed by atoms with van der Waals surface area (Å²) in [6.07, 6.45) is 2.31. The van der Waals surface area contributed by atoms with Gasteiger partial charge >= 0.3 is 0 Å². The van der Waals surface area contributed by atoms with Gasteiger partial charge in [0.05, 0.1) is 6.61 Å². The number of rotatable bonds is 10. The lowest BCUT2D eigenvalue weighted by molar-refractivity contribution is 0.0581. The summed E-state index contributed by atoms with van der Waals surface area (Å²) in [7, 11) is 4.19. The van der Waals surface area contributed by atoms with E-state index in [2.05, 4.69) is 45.1 Å². The van der Waals surface area contributed by atoms with Crippen LogP contribution in [0.1, 0.15) is 33.6 Å². The lowest BCUT2D eigenvalue weighted by Gasteiger charge is -2.25. The minimum atomic E-state index is 0.243. The van der Waals surface area contributed by atoms with Crippen LogP contribution in [0.25, 0.3) is 0 Å². The van der Waals surface area contributed by atoms with Crippen molar-refractivity contribution >= 4 is 0 Å². The van der Waals surface area contributed by atoms with Crippen molar-refractivity contribution in [2.24, 2.45) is 5.41 Å². The summed E-state index contributed by atoms with van der Waals surface area (Å²) < 4.78 is 5.71. The monoisotopic (exact) mass is 230 g/mol. The molecule has 0 aromatic carbocycles. The van der Waals surface area contributed by atoms with Crippen LogP contribution in [-0.2, 0) is 4.74 Å². The zero-order valence-electron chi connectivity index (χ0n) is 11.8. The topological polar surface area (TPSA) is 24.5 Å². The Morgan fingerprint density at radius 3 is 2.50 bits per heavy atom. The Morgan fingerprint density at radius 1 is 1.25 bits per heavy atom. The quantitative estimate of drug-likeness (QED) is 0.581. The fourth-order valence-corrected chi connectivity index (χ4v) is 1.49. The summed E-state index contributed by atoms with van der Waals surface area (Å²) in [5.41, 5.74) is 0.243. The maximum absolute atomic E-state index is 5.71. The molecule has 0 spiro atoms. The molecule has 0 aliphatic rings. The highest BCUT2D eigenvalue weighted by atomic mass is 16.5. The van der Waals surface area contributed by atoms with Crippen molar-refractivity contribution in [3.63, 3.8) is 0 Å². The van der Waals surface area contributed by atoms with E-state index in [4.69, 9.17) is 4.74 Å². The van der Waals surface area contributed by atoms with Gasteiger partial charge in [0.1, 0.15) is 0 Å². The van der Waals surface area contributed by atoms with E-state index in [1.165, 1.54) is 6.42 Å². The van der Waals surface area contributed by atoms with Crippen molar-refractivity contribution in [2.45, 2.75) is 33.6 Å². The molecule has 0 aromatic heterocycles. The second-order valence-electron chi connectivity index (χ2n) is 5.55. The maximum atomic E-state index is 5.71. The molecule has 0 rings (SSSR count). The standard InChI is InChI=1S/C13H30N2O/c1-6-8-14-11-13(2,3)12-16-10-7-9-15(4)5/h14H,6-12H2,1-5H3. The molecule has 0 aliphatic carbocycles. The molecule has 3 nitrogen and oxygen atoms in total. The summed E-state index contributed by atoms with van der Waals surface area (Å²) in [6, 6.07) is 0. The Morgan fingerprint density at radius 2 is 1.94 bits per heavy atom. The third-order valence-corrected chi connectivity index (χ3v) is 2.42. The molecule has 3 heteroatoms. The van der Waals surface area contributed by atoms with Gasteiger partial charge in [-0.25, -0.2) is 0 Å². The van der Waals surface area contributed by atoms with E-state index >= 15 is 0 Å². The number of hydrogen-bond acceptors (Lipinski definition) is 3. The second-order valence-corrected chi connectivity index (χ2v) is 5.55. The van der Waals surface area contributed by atoms with Gasteiger partial charge < -0.3 is 15.0 Å². The summed E-state index contributed by atoms with van der Waals surface area (Å²) in [5, 5.41) is 3.45. The van der Waals surface area contributed by atoms with Gasteiger partial charge in [-0.15, -0.1) is 0 Å². The number of hydrogen-bond donors (Lipinski definition) is 1. The van der Waals surface area contributed by atoms with E-state index in [1.807, 2.05) is 0 Å². The average Bonchev–Trinajstić information content (AvgIpc) is 2.16. The predicted molar refractivity (Wildman–Crippen MR) is 70.9 cm³/mol. The van der Waals surface area contributed by atoms with Crippen LogP contribution in [0.5, 0.6) is 0 Å². The van der Waals surface area contributed by atoms with E-state index in [1.54, 1.807) is 0 Å². The van der Waals surface area contributed by atoms with Crippen LogP contribution in [0.2, 0.25) is 0 Å². The summed E-state index contributed by atoms with van der Waals surface area (Å²) in [4.78, 5) is 2.19. The first kappa shape index (κ1) is 15.9. The first-order chi connectivity index (χ1) is 7.48. The van der Waals surface area contributed by atoms with E-state index in [0.29, 0.717) is 0 Å². The van der Waals surface area contributed by atoms with Crippen LogP contribution in [0.4, 0.5) is 0 Å². The van der Waals surface area contributed by atoms with Gasteiger partial charge in [-0.05, 0) is 40.0 Å². The number of nitrogens with one attached hydrogen (secondary N) is 1. The van der Waals surface area contributed by atoms with Crippen LogP contribution in [0, 0.1) is 5.41 Å². The zero-order chi connectivity index (χ0) is 12.4. The zero-order valence-corrected chi connectivity index (χ0v) is 11.8. The molecule has 0 bridgehead atoms. The Kier molecular flexibility index (Phi) is 8.90. The van der Waals surface area contributed by atoms with E-state index in [0.717, 1.165) is 39.3 Å². The van der Waals surface area contributed by atoms with Crippen molar-refractivity contribution in [2.75, 3.05) is 46.9 Å². The smallest absolute Gasteiger partial charge is 0.0529 e. The lowest BCUT2D eigenvalue weighted by Crippen LogP contribution is -2.33. The summed E-state index contributed by atoms with van der Waals surface area (Å²) >= 11 is 0. The molecule has 0 saturated heterocycles. The van der Waals surface area contributed by atoms with Gasteiger partial charge in [0.15, 0.2) is 0 Å². The third-order valence-electron chi connectivity index (χ3n) is 2.42. The summed E-state index contributed by atoms with van der Waals surface area (Å²) in [6.45, 7) is 11.7. The Labute approximate surface area is 102 Å². The Hall–Kier alpha value is -0.120. The van der Waals surface area contributed by atoms with E-state index in [9.17, 15) is 0 Å². The van der Waals surface area contributed by atoms with Crippen LogP contribution in [0.3, 0.4) is 0 Å². The minimum Gasteiger partial charge on any atom is -0.381 e. The molecule has 0 fully saturated rings. The number of ether oxygens (including phenoxy) is 1. The molecule has 0 aliphatic heterocycles. The first-order valence-corrected chi connectivity index (χ1v) is 6.41. The van der Waals surface area contributed by atoms with E-state index < -0.39 is 0 Å². The molecule has 1 N–H and O–H groups in total. The van der Waals surface area contributed by atoms with Gasteiger partial charge in [-0.3, -0.25) is 0 Å². The molecule has 16 heavy (non-hydrogen) atoms. The molecule has 98 valence electrons. The Bertz CT molecular complexity index is 158. The predicted octanol–water partition coefficient (Wildman–Crippen LogP) is 1.98. The largest absolute Gasteiger partial charge is 0.381 e. The van der Waals surface area contributed by atoms with Crippen molar-refractivity contribution in [1.82, 2.24) is 10.2 Å². The summed E-state index contributed by atoms with van der Waals surface area (Å²) in [5.74, 6) is 0. The van der Waals surface area contributed by atoms with Crippen molar-refractivity contribution < 1.29 is 4.74 Å². The average molecular weight is 230 g/mol. The lowest BCUT2D eigenvalue weighted by atomic mass is 9.95. The third kappa shape index (κ3) is 10.4. The highest BCUT2D eigenvalue weighted by Gasteiger charge is 2.17. The van der Waals surface area contributed by atoms with Crippen LogP contribution in [-0.4, -0.2) is 51.8 Å². The van der Waals surface area contributed by atoms with Crippen molar-refractivity contribution in [1.29, 1.82) is 0 Å². The fourth-order valence-electron chi connectivity index (χ4n) is 1.49. The highest BCUT2D eigenvalue weighted by Crippen LogP contribution is 2.13. The fraction of sp³-hybridized carbons (Fsp3) is 1.00. The molecule has 0 heterocycles. The molecule has 0 unspecified atom stereocenters. The van der Waals surface area contributed by atoms with Gasteiger partial charge in [0, 0.05) is 18.6 Å². The molecule has 0 amide bonds. The Balaban J connectivity index is 3.42. The van der Waals surface area contributed by atoms with Crippen molar-refractivity contribution in [3.8, 4) is 0 Å². The number of nitrogens with zero attached hydrogens (tertiary/aromatic N) is 1. The van der Waals surface area contributed by atoms with Crippen LogP contribution >= 0.6 is 0 Å². The van der Waals surface area contributed by atoms with Crippen molar-refractivity contribution in [3.05, 3.63) is 0 Å². The van der Waals surface area contributed by atoms with Gasteiger partial charge in [-0.2, -0.15) is 0 Å². The normalized spacial score (nSPS) is 12.4. The molecule has 0 aromatic rings.